The van der Waals surface area contributed by atoms with E-state index in [9.17, 15) is 31.9 Å². The number of aromatic nitrogens is 3. The fourth-order valence-electron chi connectivity index (χ4n) is 5.14. The van der Waals surface area contributed by atoms with E-state index in [0.29, 0.717) is 28.3 Å². The highest BCUT2D eigenvalue weighted by atomic mass is 19.4. The van der Waals surface area contributed by atoms with Gasteiger partial charge in [0.25, 0.3) is 0 Å². The topological polar surface area (TPSA) is 110 Å². The predicted molar refractivity (Wildman–Crippen MR) is 136 cm³/mol. The number of nitrogens with zero attached hydrogens (tertiary/aromatic N) is 5. The molecular weight excluding hydrogens is 548 g/mol. The minimum atomic E-state index is -4.88. The number of urea groups is 1. The smallest absolute Gasteiger partial charge is 0.412 e. The van der Waals surface area contributed by atoms with Gasteiger partial charge in [-0.15, -0.1) is 0 Å². The minimum Gasteiger partial charge on any atom is -0.491 e. The second kappa shape index (κ2) is 10.5. The van der Waals surface area contributed by atoms with Gasteiger partial charge < -0.3 is 15.0 Å². The van der Waals surface area contributed by atoms with Gasteiger partial charge in [-0.1, -0.05) is 6.07 Å². The molecule has 0 unspecified atom stereocenters. The number of hydrogen-bond donors (Lipinski definition) is 1. The van der Waals surface area contributed by atoms with Gasteiger partial charge in [-0.05, 0) is 49.6 Å². The van der Waals surface area contributed by atoms with Crippen LogP contribution in [0.3, 0.4) is 0 Å². The average Bonchev–Trinajstić information content (AvgIpc) is 3.42. The van der Waals surface area contributed by atoms with Crippen LogP contribution in [0.2, 0.25) is 0 Å². The van der Waals surface area contributed by atoms with Crippen molar-refractivity contribution in [1.82, 2.24) is 29.9 Å². The molecule has 5 rings (SSSR count). The average molecular weight is 575 g/mol. The van der Waals surface area contributed by atoms with Crippen molar-refractivity contribution in [2.45, 2.75) is 44.1 Å². The largest absolute Gasteiger partial charge is 0.491 e. The molecule has 2 aliphatic rings. The van der Waals surface area contributed by atoms with Crippen LogP contribution in [0, 0.1) is 5.82 Å². The van der Waals surface area contributed by atoms with E-state index in [0.717, 1.165) is 29.0 Å². The lowest BCUT2D eigenvalue weighted by molar-refractivity contribution is -0.195. The molecule has 41 heavy (non-hydrogen) atoms. The Kier molecular flexibility index (Phi) is 7.17. The highest BCUT2D eigenvalue weighted by Crippen LogP contribution is 2.37. The summed E-state index contributed by atoms with van der Waals surface area (Å²) in [7, 11) is 1.79. The first-order valence-corrected chi connectivity index (χ1v) is 12.7. The molecule has 0 saturated heterocycles. The number of benzene rings is 1. The van der Waals surface area contributed by atoms with E-state index in [2.05, 4.69) is 15.4 Å². The molecule has 1 aliphatic carbocycles. The highest BCUT2D eigenvalue weighted by Gasteiger charge is 2.48. The van der Waals surface area contributed by atoms with Crippen molar-refractivity contribution in [3.05, 3.63) is 65.4 Å². The number of imide groups is 1. The van der Waals surface area contributed by atoms with Gasteiger partial charge in [-0.25, -0.2) is 9.18 Å². The second-order valence-corrected chi connectivity index (χ2v) is 10.2. The zero-order valence-corrected chi connectivity index (χ0v) is 22.1. The summed E-state index contributed by atoms with van der Waals surface area (Å²) in [4.78, 5) is 43.7. The number of carbonyl (C=O) groups excluding carboxylic acids is 3. The maximum absolute atomic E-state index is 13.9. The zero-order chi connectivity index (χ0) is 29.5. The number of ether oxygens (including phenoxy) is 1. The van der Waals surface area contributed by atoms with Gasteiger partial charge in [0, 0.05) is 30.1 Å². The first kappa shape index (κ1) is 28.1. The molecule has 0 spiro atoms. The monoisotopic (exact) mass is 574 g/mol. The Morgan fingerprint density at radius 2 is 2.05 bits per heavy atom. The van der Waals surface area contributed by atoms with E-state index in [1.54, 1.807) is 30.9 Å². The van der Waals surface area contributed by atoms with Crippen molar-refractivity contribution in [3.8, 4) is 17.0 Å². The van der Waals surface area contributed by atoms with Gasteiger partial charge in [-0.3, -0.25) is 24.2 Å². The van der Waals surface area contributed by atoms with Gasteiger partial charge in [-0.2, -0.15) is 18.3 Å². The molecule has 1 aromatic carbocycles. The number of alkyl halides is 3. The fourth-order valence-corrected chi connectivity index (χ4v) is 5.14. The maximum atomic E-state index is 13.9. The lowest BCUT2D eigenvalue weighted by atomic mass is 9.95. The number of carbonyl (C=O) groups is 3. The Morgan fingerprint density at radius 1 is 1.27 bits per heavy atom. The summed E-state index contributed by atoms with van der Waals surface area (Å²) in [6.07, 6.45) is -0.331. The van der Waals surface area contributed by atoms with E-state index < -0.39 is 55.2 Å². The minimum absolute atomic E-state index is 0.00838. The molecule has 1 N–H and O–H groups in total. The Labute approximate surface area is 231 Å². The molecule has 4 amide bonds. The van der Waals surface area contributed by atoms with Crippen LogP contribution in [0.15, 0.2) is 42.7 Å². The quantitative estimate of drug-likeness (QED) is 0.370. The summed E-state index contributed by atoms with van der Waals surface area (Å²) in [6.45, 7) is -0.775. The Bertz CT molecular complexity index is 1510. The Morgan fingerprint density at radius 3 is 2.73 bits per heavy atom. The van der Waals surface area contributed by atoms with E-state index in [4.69, 9.17) is 4.74 Å². The van der Waals surface area contributed by atoms with Crippen molar-refractivity contribution >= 4 is 18.3 Å². The van der Waals surface area contributed by atoms with Crippen molar-refractivity contribution in [2.75, 3.05) is 13.2 Å². The molecular formula is C27H26F4N6O4. The van der Waals surface area contributed by atoms with Gasteiger partial charge in [0.15, 0.2) is 6.04 Å². The summed E-state index contributed by atoms with van der Waals surface area (Å²) in [6, 6.07) is 3.47. The predicted octanol–water partition coefficient (Wildman–Crippen LogP) is 3.30. The molecule has 14 heteroatoms. The van der Waals surface area contributed by atoms with Gasteiger partial charge >= 0.3 is 12.2 Å². The molecule has 3 heterocycles. The Balaban J connectivity index is 1.33. The van der Waals surface area contributed by atoms with Crippen LogP contribution in [-0.4, -0.2) is 68.3 Å². The molecule has 0 fully saturated rings. The molecule has 2 atom stereocenters. The molecule has 0 radical (unpaired) electrons. The number of halogens is 4. The Hall–Kier alpha value is -4.49. The summed E-state index contributed by atoms with van der Waals surface area (Å²) in [5, 5.41) is 6.89. The number of amides is 4. The molecule has 2 aromatic heterocycles. The summed E-state index contributed by atoms with van der Waals surface area (Å²) in [5.74, 6) is -1.87. The first-order chi connectivity index (χ1) is 19.4. The fraction of sp³-hybridized carbons (Fsp3) is 0.370. The van der Waals surface area contributed by atoms with Crippen molar-refractivity contribution in [3.63, 3.8) is 0 Å². The van der Waals surface area contributed by atoms with E-state index in [-0.39, 0.29) is 17.7 Å². The third-order valence-corrected chi connectivity index (χ3v) is 7.34. The third-order valence-electron chi connectivity index (χ3n) is 7.34. The number of nitrogens with one attached hydrogen (secondary N) is 1. The first-order valence-electron chi connectivity index (χ1n) is 12.7. The van der Waals surface area contributed by atoms with Gasteiger partial charge in [0.2, 0.25) is 12.3 Å². The summed E-state index contributed by atoms with van der Waals surface area (Å²) >= 11 is 0. The maximum Gasteiger partial charge on any atom is 0.412 e. The zero-order valence-electron chi connectivity index (χ0n) is 22.1. The number of hydrogen-bond acceptors (Lipinski definition) is 6. The summed E-state index contributed by atoms with van der Waals surface area (Å²) in [5.41, 5.74) is 2.07. The van der Waals surface area contributed by atoms with Gasteiger partial charge in [0.1, 0.15) is 24.7 Å². The molecule has 0 bridgehead atoms. The molecule has 216 valence electrons. The number of aryl methyl sites for hydroxylation is 2. The van der Waals surface area contributed by atoms with Crippen molar-refractivity contribution in [1.29, 1.82) is 0 Å². The third kappa shape index (κ3) is 5.58. The van der Waals surface area contributed by atoms with Crippen LogP contribution in [0.25, 0.3) is 11.3 Å². The van der Waals surface area contributed by atoms with Crippen LogP contribution >= 0.6 is 0 Å². The van der Waals surface area contributed by atoms with Crippen molar-refractivity contribution < 1.29 is 36.7 Å². The van der Waals surface area contributed by atoms with Crippen LogP contribution in [0.4, 0.5) is 22.4 Å². The van der Waals surface area contributed by atoms with Crippen LogP contribution in [0.1, 0.15) is 30.2 Å². The SMILES string of the molecule is Cn1cc(-c2ccc3c(n2)CC[C@]3(C)NC(=O)N(C=O)CC(=O)N2Cc3cc(F)ccc3OC[C@H]2C(F)(F)F)cn1. The normalized spacial score (nSPS) is 20.0. The van der Waals surface area contributed by atoms with E-state index >= 15 is 0 Å². The van der Waals surface area contributed by atoms with Crippen LogP contribution in [-0.2, 0) is 35.1 Å². The molecule has 3 aromatic rings. The number of pyridine rings is 1. The van der Waals surface area contributed by atoms with E-state index in [1.165, 1.54) is 6.07 Å². The van der Waals surface area contributed by atoms with Crippen LogP contribution < -0.4 is 10.1 Å². The second-order valence-electron chi connectivity index (χ2n) is 10.2. The van der Waals surface area contributed by atoms with E-state index in [1.807, 2.05) is 12.3 Å². The van der Waals surface area contributed by atoms with Crippen LogP contribution in [0.5, 0.6) is 5.75 Å². The summed E-state index contributed by atoms with van der Waals surface area (Å²) < 4.78 is 62.3. The van der Waals surface area contributed by atoms with Crippen molar-refractivity contribution in [2.24, 2.45) is 7.05 Å². The number of rotatable bonds is 5. The van der Waals surface area contributed by atoms with Gasteiger partial charge in [0.05, 0.1) is 24.0 Å². The standard InChI is InChI=1S/C27H26F4N6O4/c1-26(8-7-21-19(26)4-5-20(33-21)17-10-32-35(2)11-17)34-25(40)36(15-38)13-24(39)37-12-16-9-18(28)3-6-22(16)41-14-23(37)27(29,30)31/h3-6,9-11,15,23H,7-8,12-14H2,1-2H3,(H,34,40)/t23-,26-/m0/s1. The highest BCUT2D eigenvalue weighted by molar-refractivity contribution is 5.91. The lowest BCUT2D eigenvalue weighted by Gasteiger charge is -2.33. The lowest BCUT2D eigenvalue weighted by Crippen LogP contribution is -2.55. The molecule has 0 saturated carbocycles. The number of fused-ring (bicyclic) bond motifs is 2. The molecule has 10 nitrogen and oxygen atoms in total. The molecule has 1 aliphatic heterocycles.